The summed E-state index contributed by atoms with van der Waals surface area (Å²) >= 11 is 3.38. The van der Waals surface area contributed by atoms with Gasteiger partial charge in [-0.25, -0.2) is 0 Å². The SMILES string of the molecule is COc1ccc(/C(O)=C2/C(=O)C(=O)N(CC3CCCO3)C2c2ccc(O)cc2)cc1Br. The number of ether oxygens (including phenoxy) is 2. The number of carbonyl (C=O) groups is 2. The minimum Gasteiger partial charge on any atom is -0.508 e. The number of aromatic hydroxyl groups is 1. The summed E-state index contributed by atoms with van der Waals surface area (Å²) in [6.07, 6.45) is 1.54. The number of rotatable bonds is 5. The zero-order chi connectivity index (χ0) is 22.1. The molecule has 8 heteroatoms. The molecule has 2 N–H and O–H groups in total. The molecule has 0 aliphatic carbocycles. The Kier molecular flexibility index (Phi) is 6.02. The van der Waals surface area contributed by atoms with Gasteiger partial charge in [-0.15, -0.1) is 0 Å². The molecule has 2 aromatic carbocycles. The van der Waals surface area contributed by atoms with Gasteiger partial charge < -0.3 is 24.6 Å². The van der Waals surface area contributed by atoms with E-state index in [1.165, 1.54) is 24.1 Å². The number of methoxy groups -OCH3 is 1. The molecular weight excluding hydrogens is 466 g/mol. The molecule has 162 valence electrons. The summed E-state index contributed by atoms with van der Waals surface area (Å²) < 4.78 is 11.5. The first kappa shape index (κ1) is 21.4. The van der Waals surface area contributed by atoms with Gasteiger partial charge in [0.1, 0.15) is 17.3 Å². The lowest BCUT2D eigenvalue weighted by Gasteiger charge is -2.27. The van der Waals surface area contributed by atoms with Crippen LogP contribution in [0.3, 0.4) is 0 Å². The largest absolute Gasteiger partial charge is 0.508 e. The maximum Gasteiger partial charge on any atom is 0.295 e. The van der Waals surface area contributed by atoms with Gasteiger partial charge in [0.15, 0.2) is 0 Å². The van der Waals surface area contributed by atoms with E-state index in [9.17, 15) is 19.8 Å². The molecule has 2 aliphatic heterocycles. The molecule has 31 heavy (non-hydrogen) atoms. The third-order valence-electron chi connectivity index (χ3n) is 5.60. The third-order valence-corrected chi connectivity index (χ3v) is 6.22. The first-order valence-electron chi connectivity index (χ1n) is 9.93. The number of nitrogens with zero attached hydrogens (tertiary/aromatic N) is 1. The van der Waals surface area contributed by atoms with Crippen molar-refractivity contribution in [2.24, 2.45) is 0 Å². The van der Waals surface area contributed by atoms with Crippen LogP contribution >= 0.6 is 15.9 Å². The van der Waals surface area contributed by atoms with Crippen molar-refractivity contribution in [2.75, 3.05) is 20.3 Å². The molecule has 2 aliphatic rings. The second-order valence-corrected chi connectivity index (χ2v) is 8.38. The summed E-state index contributed by atoms with van der Waals surface area (Å²) in [6, 6.07) is 10.4. The average molecular weight is 488 g/mol. The van der Waals surface area contributed by atoms with Crippen molar-refractivity contribution < 1.29 is 29.3 Å². The molecule has 2 unspecified atom stereocenters. The Morgan fingerprint density at radius 3 is 2.58 bits per heavy atom. The first-order valence-corrected chi connectivity index (χ1v) is 10.7. The van der Waals surface area contributed by atoms with Crippen LogP contribution < -0.4 is 4.74 Å². The zero-order valence-corrected chi connectivity index (χ0v) is 18.5. The number of benzene rings is 2. The number of hydrogen-bond donors (Lipinski definition) is 2. The van der Waals surface area contributed by atoms with Crippen LogP contribution in [0.25, 0.3) is 5.76 Å². The van der Waals surface area contributed by atoms with Gasteiger partial charge in [-0.3, -0.25) is 9.59 Å². The summed E-state index contributed by atoms with van der Waals surface area (Å²) in [6.45, 7) is 0.873. The highest BCUT2D eigenvalue weighted by Gasteiger charge is 2.47. The molecule has 2 aromatic rings. The van der Waals surface area contributed by atoms with E-state index in [0.717, 1.165) is 12.8 Å². The topological polar surface area (TPSA) is 96.3 Å². The van der Waals surface area contributed by atoms with Gasteiger partial charge in [-0.2, -0.15) is 0 Å². The van der Waals surface area contributed by atoms with Crippen molar-refractivity contribution in [2.45, 2.75) is 25.0 Å². The number of ketones is 1. The van der Waals surface area contributed by atoms with E-state index in [2.05, 4.69) is 15.9 Å². The number of aliphatic hydroxyl groups excluding tert-OH is 1. The van der Waals surface area contributed by atoms with Crippen LogP contribution in [0, 0.1) is 0 Å². The van der Waals surface area contributed by atoms with Crippen molar-refractivity contribution >= 4 is 33.4 Å². The number of halogens is 1. The van der Waals surface area contributed by atoms with E-state index >= 15 is 0 Å². The van der Waals surface area contributed by atoms with Crippen LogP contribution in [0.1, 0.15) is 30.0 Å². The van der Waals surface area contributed by atoms with E-state index < -0.39 is 17.7 Å². The van der Waals surface area contributed by atoms with Crippen molar-refractivity contribution in [1.82, 2.24) is 4.90 Å². The minimum atomic E-state index is -0.786. The van der Waals surface area contributed by atoms with Crippen molar-refractivity contribution in [3.8, 4) is 11.5 Å². The van der Waals surface area contributed by atoms with Crippen molar-refractivity contribution in [3.05, 3.63) is 63.6 Å². The Bertz CT molecular complexity index is 1040. The molecule has 2 saturated heterocycles. The lowest BCUT2D eigenvalue weighted by molar-refractivity contribution is -0.140. The normalized spacial score (nSPS) is 22.8. The maximum absolute atomic E-state index is 13.0. The van der Waals surface area contributed by atoms with E-state index in [4.69, 9.17) is 9.47 Å². The minimum absolute atomic E-state index is 0.00533. The standard InChI is InChI=1S/C23H22BrNO6/c1-30-18-9-6-14(11-17(18)24)21(27)19-20(13-4-7-15(26)8-5-13)25(23(29)22(19)28)12-16-3-2-10-31-16/h4-9,11,16,20,26-27H,2-3,10,12H2,1H3/b21-19-. The Morgan fingerprint density at radius 1 is 1.23 bits per heavy atom. The molecule has 0 spiro atoms. The Hall–Kier alpha value is -2.84. The second-order valence-electron chi connectivity index (χ2n) is 7.53. The van der Waals surface area contributed by atoms with Crippen molar-refractivity contribution in [1.29, 1.82) is 0 Å². The predicted octanol–water partition coefficient (Wildman–Crippen LogP) is 3.76. The molecule has 0 saturated carbocycles. The summed E-state index contributed by atoms with van der Waals surface area (Å²) in [5.41, 5.74) is 1.00. The van der Waals surface area contributed by atoms with Gasteiger partial charge in [0.05, 0.1) is 29.3 Å². The number of likely N-dealkylation sites (tertiary alicyclic amines) is 1. The first-order chi connectivity index (χ1) is 14.9. The molecule has 0 bridgehead atoms. The second kappa shape index (κ2) is 8.72. The van der Waals surface area contributed by atoms with Crippen LogP contribution in [0.5, 0.6) is 11.5 Å². The average Bonchev–Trinajstić information content (AvgIpc) is 3.36. The van der Waals surface area contributed by atoms with Crippen LogP contribution in [-0.4, -0.2) is 53.2 Å². The predicted molar refractivity (Wildman–Crippen MR) is 117 cm³/mol. The summed E-state index contributed by atoms with van der Waals surface area (Å²) in [5, 5.41) is 20.8. The molecule has 0 aromatic heterocycles. The fourth-order valence-electron chi connectivity index (χ4n) is 4.05. The number of amides is 1. The number of hydrogen-bond acceptors (Lipinski definition) is 6. The molecule has 4 rings (SSSR count). The molecule has 0 radical (unpaired) electrons. The molecular formula is C23H22BrNO6. The van der Waals surface area contributed by atoms with Gasteiger partial charge >= 0.3 is 0 Å². The van der Waals surface area contributed by atoms with Crippen LogP contribution in [-0.2, 0) is 14.3 Å². The van der Waals surface area contributed by atoms with Crippen LogP contribution in [0.15, 0.2) is 52.5 Å². The summed E-state index contributed by atoms with van der Waals surface area (Å²) in [7, 11) is 1.53. The smallest absolute Gasteiger partial charge is 0.295 e. The summed E-state index contributed by atoms with van der Waals surface area (Å²) in [4.78, 5) is 27.4. The quantitative estimate of drug-likeness (QED) is 0.378. The highest BCUT2D eigenvalue weighted by atomic mass is 79.9. The fourth-order valence-corrected chi connectivity index (χ4v) is 4.59. The Labute approximate surface area is 188 Å². The Morgan fingerprint density at radius 2 is 1.97 bits per heavy atom. The fraction of sp³-hybridized carbons (Fsp3) is 0.304. The number of phenols is 1. The van der Waals surface area contributed by atoms with Crippen LogP contribution in [0.2, 0.25) is 0 Å². The van der Waals surface area contributed by atoms with Gasteiger partial charge in [0, 0.05) is 18.7 Å². The maximum atomic E-state index is 13.0. The van der Waals surface area contributed by atoms with E-state index in [-0.39, 0.29) is 29.7 Å². The van der Waals surface area contributed by atoms with E-state index in [1.54, 1.807) is 30.3 Å². The summed E-state index contributed by atoms with van der Waals surface area (Å²) in [5.74, 6) is -1.05. The van der Waals surface area contributed by atoms with Gasteiger partial charge in [-0.1, -0.05) is 12.1 Å². The molecule has 2 fully saturated rings. The highest BCUT2D eigenvalue weighted by molar-refractivity contribution is 9.10. The van der Waals surface area contributed by atoms with Crippen LogP contribution in [0.4, 0.5) is 0 Å². The monoisotopic (exact) mass is 487 g/mol. The van der Waals surface area contributed by atoms with Crippen molar-refractivity contribution in [3.63, 3.8) is 0 Å². The Balaban J connectivity index is 1.82. The highest BCUT2D eigenvalue weighted by Crippen LogP contribution is 2.41. The van der Waals surface area contributed by atoms with E-state index in [1.807, 2.05) is 0 Å². The molecule has 2 heterocycles. The molecule has 2 atom stereocenters. The molecule has 7 nitrogen and oxygen atoms in total. The number of Topliss-reactive ketones (excluding diaryl/α,β-unsaturated/α-hetero) is 1. The van der Waals surface area contributed by atoms with Gasteiger partial charge in [-0.05, 0) is 64.7 Å². The van der Waals surface area contributed by atoms with Gasteiger partial charge in [0.2, 0.25) is 0 Å². The van der Waals surface area contributed by atoms with E-state index in [0.29, 0.717) is 28.0 Å². The molecule has 1 amide bonds. The number of phenolic OH excluding ortho intramolecular Hbond substituents is 1. The number of carbonyl (C=O) groups excluding carboxylic acids is 2. The number of aliphatic hydroxyl groups is 1. The van der Waals surface area contributed by atoms with Gasteiger partial charge in [0.25, 0.3) is 11.7 Å². The lowest BCUT2D eigenvalue weighted by atomic mass is 9.95. The zero-order valence-electron chi connectivity index (χ0n) is 16.9. The lowest BCUT2D eigenvalue weighted by Crippen LogP contribution is -2.36. The third kappa shape index (κ3) is 4.05.